The zero-order valence-corrected chi connectivity index (χ0v) is 10.7. The van der Waals surface area contributed by atoms with E-state index in [-0.39, 0.29) is 12.0 Å². The van der Waals surface area contributed by atoms with Gasteiger partial charge in [0.25, 0.3) is 0 Å². The van der Waals surface area contributed by atoms with Gasteiger partial charge >= 0.3 is 0 Å². The van der Waals surface area contributed by atoms with Gasteiger partial charge in [-0.25, -0.2) is 0 Å². The van der Waals surface area contributed by atoms with Crippen LogP contribution in [0.4, 0.5) is 0 Å². The Bertz CT molecular complexity index is 333. The van der Waals surface area contributed by atoms with Crippen LogP contribution in [0.1, 0.15) is 18.5 Å². The third-order valence-corrected chi connectivity index (χ3v) is 3.70. The Labute approximate surface area is 104 Å². The van der Waals surface area contributed by atoms with Gasteiger partial charge in [0.2, 0.25) is 0 Å². The summed E-state index contributed by atoms with van der Waals surface area (Å²) in [6, 6.07) is 4.00. The number of ether oxygens (including phenoxy) is 1. The Balaban J connectivity index is 2.08. The molecule has 0 unspecified atom stereocenters. The number of aromatic nitrogens is 1. The van der Waals surface area contributed by atoms with Gasteiger partial charge in [-0.3, -0.25) is 4.98 Å². The van der Waals surface area contributed by atoms with Gasteiger partial charge in [-0.15, -0.1) is 0 Å². The van der Waals surface area contributed by atoms with E-state index < -0.39 is 0 Å². The summed E-state index contributed by atoms with van der Waals surface area (Å²) in [5.41, 5.74) is 1.01. The highest BCUT2D eigenvalue weighted by atomic mass is 79.9. The molecule has 0 saturated carbocycles. The third-order valence-electron chi connectivity index (χ3n) is 3.23. The maximum atomic E-state index is 9.56. The van der Waals surface area contributed by atoms with E-state index in [4.69, 9.17) is 4.74 Å². The Morgan fingerprint density at radius 2 is 2.12 bits per heavy atom. The minimum absolute atomic E-state index is 0.0287. The van der Waals surface area contributed by atoms with Crippen molar-refractivity contribution >= 4 is 15.9 Å². The van der Waals surface area contributed by atoms with Crippen molar-refractivity contribution in [1.29, 1.82) is 0 Å². The summed E-state index contributed by atoms with van der Waals surface area (Å²) >= 11 is 3.37. The predicted molar refractivity (Wildman–Crippen MR) is 65.2 cm³/mol. The molecule has 2 rings (SSSR count). The second-order valence-corrected chi connectivity index (χ2v) is 5.33. The Morgan fingerprint density at radius 3 is 2.69 bits per heavy atom. The molecule has 0 aromatic carbocycles. The Hall–Kier alpha value is -0.450. The molecule has 0 amide bonds. The van der Waals surface area contributed by atoms with Gasteiger partial charge in [-0.05, 0) is 47.3 Å². The molecule has 88 valence electrons. The van der Waals surface area contributed by atoms with Crippen molar-refractivity contribution in [3.05, 3.63) is 28.5 Å². The zero-order valence-electron chi connectivity index (χ0n) is 9.16. The van der Waals surface area contributed by atoms with Gasteiger partial charge in [0.1, 0.15) is 0 Å². The van der Waals surface area contributed by atoms with Crippen LogP contribution in [0, 0.1) is 5.41 Å². The van der Waals surface area contributed by atoms with Crippen molar-refractivity contribution in [2.24, 2.45) is 5.41 Å². The van der Waals surface area contributed by atoms with E-state index in [2.05, 4.69) is 20.9 Å². The highest BCUT2D eigenvalue weighted by Gasteiger charge is 2.32. The summed E-state index contributed by atoms with van der Waals surface area (Å²) in [7, 11) is 0. The number of hydrogen-bond acceptors (Lipinski definition) is 3. The number of aliphatic hydroxyl groups is 1. The van der Waals surface area contributed by atoms with Crippen LogP contribution in [0.5, 0.6) is 0 Å². The van der Waals surface area contributed by atoms with Gasteiger partial charge < -0.3 is 9.84 Å². The van der Waals surface area contributed by atoms with Crippen molar-refractivity contribution in [3.63, 3.8) is 0 Å². The van der Waals surface area contributed by atoms with Crippen LogP contribution < -0.4 is 0 Å². The molecule has 0 atom stereocenters. The molecule has 16 heavy (non-hydrogen) atoms. The quantitative estimate of drug-likeness (QED) is 0.926. The molecule has 1 saturated heterocycles. The summed E-state index contributed by atoms with van der Waals surface area (Å²) in [5, 5.41) is 9.56. The fourth-order valence-corrected chi connectivity index (χ4v) is 2.32. The molecule has 4 heteroatoms. The lowest BCUT2D eigenvalue weighted by Gasteiger charge is -2.35. The molecule has 1 aliphatic heterocycles. The summed E-state index contributed by atoms with van der Waals surface area (Å²) in [6.45, 7) is 1.71. The first-order valence-electron chi connectivity index (χ1n) is 5.53. The molecule has 3 nitrogen and oxygen atoms in total. The normalized spacial score (nSPS) is 19.6. The molecule has 1 aliphatic rings. The molecule has 0 aliphatic carbocycles. The molecule has 0 radical (unpaired) electrons. The molecule has 1 aromatic heterocycles. The second kappa shape index (κ2) is 5.25. The summed E-state index contributed by atoms with van der Waals surface area (Å²) in [6.07, 6.45) is 4.47. The highest BCUT2D eigenvalue weighted by Crippen LogP contribution is 2.33. The first-order chi connectivity index (χ1) is 7.74. The molecular formula is C12H16BrNO2. The van der Waals surface area contributed by atoms with Crippen molar-refractivity contribution < 1.29 is 9.84 Å². The average molecular weight is 286 g/mol. The Kier molecular flexibility index (Phi) is 3.95. The first kappa shape index (κ1) is 12.0. The fraction of sp³-hybridized carbons (Fsp3) is 0.583. The average Bonchev–Trinajstić information content (AvgIpc) is 2.33. The van der Waals surface area contributed by atoms with E-state index in [1.54, 1.807) is 6.20 Å². The van der Waals surface area contributed by atoms with Gasteiger partial charge in [-0.1, -0.05) is 0 Å². The molecule has 1 aromatic rings. The van der Waals surface area contributed by atoms with Crippen molar-refractivity contribution in [1.82, 2.24) is 4.98 Å². The summed E-state index contributed by atoms with van der Waals surface area (Å²) in [5.74, 6) is 0. The number of nitrogens with zero attached hydrogens (tertiary/aromatic N) is 1. The van der Waals surface area contributed by atoms with Crippen molar-refractivity contribution in [2.75, 3.05) is 19.8 Å². The largest absolute Gasteiger partial charge is 0.396 e. The van der Waals surface area contributed by atoms with Gasteiger partial charge in [0.15, 0.2) is 0 Å². The number of aliphatic hydroxyl groups excluding tert-OH is 1. The van der Waals surface area contributed by atoms with E-state index in [1.165, 1.54) is 0 Å². The maximum absolute atomic E-state index is 9.56. The SMILES string of the molecule is OCC1(Cc2ccc(Br)cn2)CCOCC1. The van der Waals surface area contributed by atoms with Crippen LogP contribution in [0.15, 0.2) is 22.8 Å². The second-order valence-electron chi connectivity index (χ2n) is 4.42. The van der Waals surface area contributed by atoms with E-state index in [0.717, 1.165) is 42.6 Å². The van der Waals surface area contributed by atoms with Gasteiger partial charge in [0.05, 0.1) is 0 Å². The highest BCUT2D eigenvalue weighted by molar-refractivity contribution is 9.10. The van der Waals surface area contributed by atoms with Gasteiger partial charge in [0, 0.05) is 41.6 Å². The molecular weight excluding hydrogens is 270 g/mol. The third kappa shape index (κ3) is 2.81. The number of rotatable bonds is 3. The molecule has 0 bridgehead atoms. The van der Waals surface area contributed by atoms with E-state index >= 15 is 0 Å². The van der Waals surface area contributed by atoms with Crippen LogP contribution in [0.25, 0.3) is 0 Å². The smallest absolute Gasteiger partial charge is 0.0492 e. The lowest BCUT2D eigenvalue weighted by molar-refractivity contribution is -0.0162. The lowest BCUT2D eigenvalue weighted by Crippen LogP contribution is -2.35. The molecule has 1 fully saturated rings. The maximum Gasteiger partial charge on any atom is 0.0492 e. The molecule has 0 spiro atoms. The zero-order chi connectivity index (χ0) is 11.4. The van der Waals surface area contributed by atoms with Crippen molar-refractivity contribution in [2.45, 2.75) is 19.3 Å². The topological polar surface area (TPSA) is 42.4 Å². The summed E-state index contributed by atoms with van der Waals surface area (Å²) in [4.78, 5) is 4.37. The van der Waals surface area contributed by atoms with Crippen LogP contribution >= 0.6 is 15.9 Å². The van der Waals surface area contributed by atoms with Crippen LogP contribution in [-0.2, 0) is 11.2 Å². The number of pyridine rings is 1. The van der Waals surface area contributed by atoms with E-state index in [1.807, 2.05) is 12.1 Å². The predicted octanol–water partition coefficient (Wildman–Crippen LogP) is 2.18. The fourth-order valence-electron chi connectivity index (χ4n) is 2.09. The lowest BCUT2D eigenvalue weighted by atomic mass is 9.77. The van der Waals surface area contributed by atoms with Crippen LogP contribution in [-0.4, -0.2) is 29.9 Å². The first-order valence-corrected chi connectivity index (χ1v) is 6.32. The standard InChI is InChI=1S/C12H16BrNO2/c13-10-1-2-11(14-8-10)7-12(9-15)3-5-16-6-4-12/h1-2,8,15H,3-7,9H2. The van der Waals surface area contributed by atoms with E-state index in [9.17, 15) is 5.11 Å². The minimum atomic E-state index is -0.0287. The van der Waals surface area contributed by atoms with Crippen LogP contribution in [0.2, 0.25) is 0 Å². The number of hydrogen-bond donors (Lipinski definition) is 1. The molecule has 2 heterocycles. The minimum Gasteiger partial charge on any atom is -0.396 e. The monoisotopic (exact) mass is 285 g/mol. The molecule has 1 N–H and O–H groups in total. The number of halogens is 1. The van der Waals surface area contributed by atoms with Crippen molar-refractivity contribution in [3.8, 4) is 0 Å². The van der Waals surface area contributed by atoms with Crippen LogP contribution in [0.3, 0.4) is 0 Å². The van der Waals surface area contributed by atoms with E-state index in [0.29, 0.717) is 0 Å². The summed E-state index contributed by atoms with van der Waals surface area (Å²) < 4.78 is 6.33. The Morgan fingerprint density at radius 1 is 1.38 bits per heavy atom. The van der Waals surface area contributed by atoms with Gasteiger partial charge in [-0.2, -0.15) is 0 Å².